The Labute approximate surface area is 314 Å². The molecule has 0 fully saturated rings. The summed E-state index contributed by atoms with van der Waals surface area (Å²) in [5, 5.41) is 15.6. The fraction of sp³-hybridized carbons (Fsp3) is 0.0800. The van der Waals surface area contributed by atoms with Gasteiger partial charge >= 0.3 is 0 Å². The van der Waals surface area contributed by atoms with Crippen LogP contribution in [0.1, 0.15) is 31.9 Å². The summed E-state index contributed by atoms with van der Waals surface area (Å²) in [6.07, 6.45) is 1.71. The van der Waals surface area contributed by atoms with Crippen molar-refractivity contribution in [1.29, 1.82) is 0 Å². The number of hydrogen-bond donors (Lipinski definition) is 1. The maximum atomic E-state index is 10.7. The van der Waals surface area contributed by atoms with Crippen molar-refractivity contribution in [2.45, 2.75) is 26.2 Å². The lowest BCUT2D eigenvalue weighted by molar-refractivity contribution is 0.473. The quantitative estimate of drug-likeness (QED) is 0.139. The normalized spacial score (nSPS) is 12.0. The van der Waals surface area contributed by atoms with E-state index < -0.39 is 0 Å². The van der Waals surface area contributed by atoms with E-state index in [1.165, 1.54) is 32.7 Å². The van der Waals surface area contributed by atoms with Crippen LogP contribution in [0, 0.1) is 0 Å². The molecule has 0 unspecified atom stereocenters. The largest absolute Gasteiger partial charge is 0.507 e. The summed E-state index contributed by atoms with van der Waals surface area (Å²) in [5.41, 5.74) is 11.2. The molecule has 0 aliphatic carbocycles. The number of phenolic OH excluding ortho intramolecular Hbond substituents is 1. The molecule has 0 aliphatic rings. The first-order valence-electron chi connectivity index (χ1n) is 18.3. The molecule has 0 amide bonds. The van der Waals surface area contributed by atoms with E-state index >= 15 is 0 Å². The van der Waals surface area contributed by atoms with Crippen molar-refractivity contribution >= 4 is 44.5 Å². The highest BCUT2D eigenvalue weighted by molar-refractivity contribution is 6.13. The molecule has 54 heavy (non-hydrogen) atoms. The molecule has 260 valence electrons. The van der Waals surface area contributed by atoms with Crippen LogP contribution in [0.25, 0.3) is 77.5 Å². The Balaban J connectivity index is 1.12. The zero-order valence-electron chi connectivity index (χ0n) is 30.4. The minimum Gasteiger partial charge on any atom is -0.507 e. The molecule has 0 radical (unpaired) electrons. The Hall–Kier alpha value is -6.78. The van der Waals surface area contributed by atoms with Crippen LogP contribution < -0.4 is 0 Å². The maximum absolute atomic E-state index is 10.7. The molecule has 8 aromatic carbocycles. The Morgan fingerprint density at radius 1 is 0.556 bits per heavy atom. The van der Waals surface area contributed by atoms with Gasteiger partial charge in [-0.2, -0.15) is 0 Å². The molecule has 9 aromatic rings. The molecular weight excluding hydrogens is 661 g/mol. The van der Waals surface area contributed by atoms with Gasteiger partial charge in [0.1, 0.15) is 11.3 Å². The Morgan fingerprint density at radius 2 is 1.22 bits per heavy atom. The summed E-state index contributed by atoms with van der Waals surface area (Å²) in [6.45, 7) is 6.46. The van der Waals surface area contributed by atoms with Gasteiger partial charge in [-0.3, -0.25) is 4.99 Å². The van der Waals surface area contributed by atoms with Crippen LogP contribution in [0.5, 0.6) is 5.75 Å². The van der Waals surface area contributed by atoms with Gasteiger partial charge < -0.3 is 9.52 Å². The molecule has 0 saturated carbocycles. The third-order valence-electron chi connectivity index (χ3n) is 10.2. The van der Waals surface area contributed by atoms with Crippen LogP contribution in [0.4, 0.5) is 5.69 Å². The van der Waals surface area contributed by atoms with Gasteiger partial charge in [-0.25, -0.2) is 4.98 Å². The highest BCUT2D eigenvalue weighted by atomic mass is 16.3. The summed E-state index contributed by atoms with van der Waals surface area (Å²) in [6, 6.07) is 56.5. The van der Waals surface area contributed by atoms with Crippen molar-refractivity contribution in [3.05, 3.63) is 175 Å². The molecule has 4 nitrogen and oxygen atoms in total. The van der Waals surface area contributed by atoms with Crippen LogP contribution in [0.15, 0.2) is 173 Å². The van der Waals surface area contributed by atoms with Gasteiger partial charge in [0.05, 0.1) is 11.3 Å². The first kappa shape index (κ1) is 33.1. The number of hydrogen-bond acceptors (Lipinski definition) is 4. The monoisotopic (exact) mass is 698 g/mol. The second kappa shape index (κ2) is 13.3. The topological polar surface area (TPSA) is 58.6 Å². The highest BCUT2D eigenvalue weighted by Crippen LogP contribution is 2.40. The van der Waals surface area contributed by atoms with Crippen LogP contribution in [0.3, 0.4) is 0 Å². The zero-order chi connectivity index (χ0) is 36.8. The molecule has 1 N–H and O–H groups in total. The van der Waals surface area contributed by atoms with Crippen LogP contribution in [-0.2, 0) is 5.41 Å². The summed E-state index contributed by atoms with van der Waals surface area (Å²) in [4.78, 5) is 9.93. The van der Waals surface area contributed by atoms with E-state index in [-0.39, 0.29) is 11.2 Å². The lowest BCUT2D eigenvalue weighted by atomic mass is 9.86. The zero-order valence-corrected chi connectivity index (χ0v) is 30.4. The molecule has 0 spiro atoms. The van der Waals surface area contributed by atoms with Crippen LogP contribution in [0.2, 0.25) is 0 Å². The predicted molar refractivity (Wildman–Crippen MR) is 225 cm³/mol. The minimum absolute atomic E-state index is 0.0597. The smallest absolute Gasteiger partial charge is 0.229 e. The SMILES string of the molecule is CC(C)(C)c1ccc(O)c(C=Nc2ccccc2-c2nc3c(-c4ccccc4)cc(-c4ccc(-c5cc6ccccc6c6ccccc56)cc4)cc3o2)c1. The van der Waals surface area contributed by atoms with E-state index in [2.05, 4.69) is 124 Å². The maximum Gasteiger partial charge on any atom is 0.229 e. The standard InChI is InChI=1S/C50H38N2O2/c1-50(2,3)38-25-26-46(53)37(27-38)31-51-45-20-12-11-19-42(45)49-52-48-44(33-13-5-4-6-14-33)29-36(30-47(48)54-49)32-21-23-34(24-22-32)43-28-35-15-7-8-16-39(35)40-17-9-10-18-41(40)43/h4-31,53H,1-3H3. The Kier molecular flexibility index (Phi) is 8.16. The van der Waals surface area contributed by atoms with Crippen LogP contribution in [-0.4, -0.2) is 16.3 Å². The van der Waals surface area contributed by atoms with E-state index in [9.17, 15) is 5.11 Å². The summed E-state index contributed by atoms with van der Waals surface area (Å²) >= 11 is 0. The molecular formula is C50H38N2O2. The van der Waals surface area contributed by atoms with Crippen molar-refractivity contribution in [3.63, 3.8) is 0 Å². The molecule has 0 atom stereocenters. The first-order valence-corrected chi connectivity index (χ1v) is 18.3. The number of oxazole rings is 1. The highest BCUT2D eigenvalue weighted by Gasteiger charge is 2.19. The van der Waals surface area contributed by atoms with Gasteiger partial charge in [0.15, 0.2) is 5.58 Å². The molecule has 9 rings (SSSR count). The van der Waals surface area contributed by atoms with Crippen molar-refractivity contribution in [2.75, 3.05) is 0 Å². The van der Waals surface area contributed by atoms with E-state index in [4.69, 9.17) is 14.4 Å². The second-order valence-electron chi connectivity index (χ2n) is 14.8. The second-order valence-corrected chi connectivity index (χ2v) is 14.8. The lowest BCUT2D eigenvalue weighted by Crippen LogP contribution is -2.11. The van der Waals surface area contributed by atoms with E-state index in [0.717, 1.165) is 38.9 Å². The number of rotatable bonds is 6. The number of aromatic hydroxyl groups is 1. The van der Waals surface area contributed by atoms with Crippen molar-refractivity contribution in [2.24, 2.45) is 4.99 Å². The number of aromatic nitrogens is 1. The first-order chi connectivity index (χ1) is 26.3. The molecule has 0 saturated heterocycles. The molecule has 0 bridgehead atoms. The van der Waals surface area contributed by atoms with Crippen molar-refractivity contribution in [3.8, 4) is 50.6 Å². The van der Waals surface area contributed by atoms with Crippen molar-refractivity contribution in [1.82, 2.24) is 4.98 Å². The fourth-order valence-corrected chi connectivity index (χ4v) is 7.32. The molecule has 1 aromatic heterocycles. The number of benzene rings is 8. The van der Waals surface area contributed by atoms with Crippen molar-refractivity contribution < 1.29 is 9.52 Å². The average molecular weight is 699 g/mol. The minimum atomic E-state index is -0.0597. The number of aliphatic imine (C=N–C) groups is 1. The van der Waals surface area contributed by atoms with E-state index in [0.29, 0.717) is 22.7 Å². The number of para-hydroxylation sites is 1. The number of nitrogens with zero attached hydrogens (tertiary/aromatic N) is 2. The van der Waals surface area contributed by atoms with Gasteiger partial charge in [0, 0.05) is 17.3 Å². The van der Waals surface area contributed by atoms with Gasteiger partial charge in [0.25, 0.3) is 0 Å². The molecule has 1 heterocycles. The summed E-state index contributed by atoms with van der Waals surface area (Å²) in [7, 11) is 0. The van der Waals surface area contributed by atoms with Gasteiger partial charge in [0.2, 0.25) is 5.89 Å². The fourth-order valence-electron chi connectivity index (χ4n) is 7.32. The molecule has 4 heteroatoms. The lowest BCUT2D eigenvalue weighted by Gasteiger charge is -2.19. The van der Waals surface area contributed by atoms with E-state index in [1.807, 2.05) is 54.6 Å². The summed E-state index contributed by atoms with van der Waals surface area (Å²) in [5.74, 6) is 0.669. The number of phenols is 1. The predicted octanol–water partition coefficient (Wildman–Crippen LogP) is 13.6. The van der Waals surface area contributed by atoms with Gasteiger partial charge in [-0.15, -0.1) is 0 Å². The van der Waals surface area contributed by atoms with Crippen LogP contribution >= 0.6 is 0 Å². The third kappa shape index (κ3) is 6.12. The van der Waals surface area contributed by atoms with E-state index in [1.54, 1.807) is 12.3 Å². The third-order valence-corrected chi connectivity index (χ3v) is 10.2. The Morgan fingerprint density at radius 3 is 2.02 bits per heavy atom. The molecule has 0 aliphatic heterocycles. The summed E-state index contributed by atoms with van der Waals surface area (Å²) < 4.78 is 6.61. The number of fused-ring (bicyclic) bond motifs is 4. The Bertz CT molecular complexity index is 2860. The van der Waals surface area contributed by atoms with Gasteiger partial charge in [-0.1, -0.05) is 142 Å². The van der Waals surface area contributed by atoms with Gasteiger partial charge in [-0.05, 0) is 103 Å². The average Bonchev–Trinajstić information content (AvgIpc) is 3.64.